The third kappa shape index (κ3) is 1.50. The van der Waals surface area contributed by atoms with Crippen LogP contribution in [0.1, 0.15) is 23.4 Å². The SMILES string of the molecule is C1=CC(c2ccc(C3C=CC=C3)o2)C=C1. The Hall–Kier alpha value is -1.76. The lowest BCUT2D eigenvalue weighted by Crippen LogP contribution is -1.86. The van der Waals surface area contributed by atoms with E-state index in [1.807, 2.05) is 0 Å². The number of furan rings is 1. The number of hydrogen-bond acceptors (Lipinski definition) is 1. The standard InChI is InChI=1S/C14H12O/c1-2-6-11(5-1)13-9-10-14(15-13)12-7-3-4-8-12/h1-12H. The van der Waals surface area contributed by atoms with Gasteiger partial charge in [-0.2, -0.15) is 0 Å². The molecule has 1 aromatic rings. The zero-order valence-electron chi connectivity index (χ0n) is 8.34. The Balaban J connectivity index is 1.87. The van der Waals surface area contributed by atoms with Crippen molar-refractivity contribution in [3.05, 3.63) is 72.3 Å². The van der Waals surface area contributed by atoms with Gasteiger partial charge < -0.3 is 4.42 Å². The summed E-state index contributed by atoms with van der Waals surface area (Å²) in [6.07, 6.45) is 16.8. The van der Waals surface area contributed by atoms with E-state index in [4.69, 9.17) is 4.42 Å². The summed E-state index contributed by atoms with van der Waals surface area (Å²) in [5.41, 5.74) is 0. The van der Waals surface area contributed by atoms with Crippen LogP contribution in [0.15, 0.2) is 65.2 Å². The van der Waals surface area contributed by atoms with Crippen molar-refractivity contribution in [3.8, 4) is 0 Å². The topological polar surface area (TPSA) is 13.1 Å². The van der Waals surface area contributed by atoms with Crippen LogP contribution in [0.4, 0.5) is 0 Å². The molecule has 1 heterocycles. The van der Waals surface area contributed by atoms with Gasteiger partial charge in [-0.05, 0) is 12.1 Å². The Morgan fingerprint density at radius 1 is 0.667 bits per heavy atom. The lowest BCUT2D eigenvalue weighted by atomic mass is 10.1. The average Bonchev–Trinajstić information content (AvgIpc) is 3.02. The molecular weight excluding hydrogens is 184 g/mol. The average molecular weight is 196 g/mol. The van der Waals surface area contributed by atoms with E-state index in [0.29, 0.717) is 11.8 Å². The van der Waals surface area contributed by atoms with Crippen molar-refractivity contribution < 1.29 is 4.42 Å². The molecule has 0 N–H and O–H groups in total. The van der Waals surface area contributed by atoms with Gasteiger partial charge in [0.25, 0.3) is 0 Å². The zero-order valence-corrected chi connectivity index (χ0v) is 8.34. The summed E-state index contributed by atoms with van der Waals surface area (Å²) in [5.74, 6) is 2.72. The van der Waals surface area contributed by atoms with E-state index in [0.717, 1.165) is 11.5 Å². The van der Waals surface area contributed by atoms with Gasteiger partial charge in [-0.3, -0.25) is 0 Å². The third-order valence-electron chi connectivity index (χ3n) is 2.80. The number of rotatable bonds is 2. The fourth-order valence-electron chi connectivity index (χ4n) is 1.97. The molecule has 0 radical (unpaired) electrons. The van der Waals surface area contributed by atoms with Crippen LogP contribution in [-0.4, -0.2) is 0 Å². The van der Waals surface area contributed by atoms with Crippen LogP contribution in [-0.2, 0) is 0 Å². The van der Waals surface area contributed by atoms with E-state index in [2.05, 4.69) is 60.7 Å². The monoisotopic (exact) mass is 196 g/mol. The molecule has 2 aliphatic carbocycles. The maximum atomic E-state index is 5.85. The Morgan fingerprint density at radius 2 is 1.07 bits per heavy atom. The molecule has 0 saturated carbocycles. The highest BCUT2D eigenvalue weighted by molar-refractivity contribution is 5.34. The van der Waals surface area contributed by atoms with Gasteiger partial charge >= 0.3 is 0 Å². The van der Waals surface area contributed by atoms with Crippen molar-refractivity contribution in [2.75, 3.05) is 0 Å². The molecule has 0 aromatic carbocycles. The first-order valence-electron chi connectivity index (χ1n) is 5.23. The van der Waals surface area contributed by atoms with Crippen LogP contribution in [0, 0.1) is 0 Å². The summed E-state index contributed by atoms with van der Waals surface area (Å²) in [5, 5.41) is 0. The summed E-state index contributed by atoms with van der Waals surface area (Å²) < 4.78 is 5.85. The lowest BCUT2D eigenvalue weighted by molar-refractivity contribution is 0.465. The van der Waals surface area contributed by atoms with E-state index in [9.17, 15) is 0 Å². The molecule has 0 spiro atoms. The predicted octanol–water partition coefficient (Wildman–Crippen LogP) is 3.70. The van der Waals surface area contributed by atoms with Crippen molar-refractivity contribution in [3.63, 3.8) is 0 Å². The first kappa shape index (κ1) is 8.54. The first-order chi connectivity index (χ1) is 7.43. The molecule has 1 aromatic heterocycles. The minimum absolute atomic E-state index is 0.327. The Kier molecular flexibility index (Phi) is 1.95. The molecule has 1 heteroatoms. The Labute approximate surface area is 89.1 Å². The molecule has 0 saturated heterocycles. The van der Waals surface area contributed by atoms with Crippen LogP contribution in [0.5, 0.6) is 0 Å². The van der Waals surface area contributed by atoms with E-state index < -0.39 is 0 Å². The summed E-state index contributed by atoms with van der Waals surface area (Å²) in [6.45, 7) is 0. The molecule has 0 aliphatic heterocycles. The Bertz CT molecular complexity index is 405. The highest BCUT2D eigenvalue weighted by Gasteiger charge is 2.15. The minimum Gasteiger partial charge on any atom is -0.464 e. The smallest absolute Gasteiger partial charge is 0.114 e. The maximum absolute atomic E-state index is 5.85. The van der Waals surface area contributed by atoms with Gasteiger partial charge in [0.05, 0.1) is 11.8 Å². The molecule has 0 amide bonds. The highest BCUT2D eigenvalue weighted by atomic mass is 16.3. The molecule has 3 rings (SSSR count). The Morgan fingerprint density at radius 3 is 1.47 bits per heavy atom. The third-order valence-corrected chi connectivity index (χ3v) is 2.80. The van der Waals surface area contributed by atoms with E-state index >= 15 is 0 Å². The number of allylic oxidation sites excluding steroid dienone is 8. The molecule has 15 heavy (non-hydrogen) atoms. The molecular formula is C14H12O. The van der Waals surface area contributed by atoms with Gasteiger partial charge in [0.15, 0.2) is 0 Å². The van der Waals surface area contributed by atoms with Gasteiger partial charge in [-0.15, -0.1) is 0 Å². The summed E-state index contributed by atoms with van der Waals surface area (Å²) in [6, 6.07) is 4.14. The van der Waals surface area contributed by atoms with Gasteiger partial charge in [-0.1, -0.05) is 48.6 Å². The summed E-state index contributed by atoms with van der Waals surface area (Å²) in [7, 11) is 0. The van der Waals surface area contributed by atoms with Crippen LogP contribution in [0.25, 0.3) is 0 Å². The second-order valence-electron chi connectivity index (χ2n) is 3.83. The summed E-state index contributed by atoms with van der Waals surface area (Å²) >= 11 is 0. The predicted molar refractivity (Wildman–Crippen MR) is 60.8 cm³/mol. The first-order valence-corrected chi connectivity index (χ1v) is 5.23. The molecule has 0 fully saturated rings. The van der Waals surface area contributed by atoms with Crippen LogP contribution < -0.4 is 0 Å². The second-order valence-corrected chi connectivity index (χ2v) is 3.83. The van der Waals surface area contributed by atoms with Crippen molar-refractivity contribution in [2.45, 2.75) is 11.8 Å². The van der Waals surface area contributed by atoms with Gasteiger partial charge in [0.2, 0.25) is 0 Å². The summed E-state index contributed by atoms with van der Waals surface area (Å²) in [4.78, 5) is 0. The van der Waals surface area contributed by atoms with Crippen molar-refractivity contribution in [1.29, 1.82) is 0 Å². The van der Waals surface area contributed by atoms with E-state index in [1.165, 1.54) is 0 Å². The fourth-order valence-corrected chi connectivity index (χ4v) is 1.97. The van der Waals surface area contributed by atoms with Gasteiger partial charge in [0, 0.05) is 0 Å². The second kappa shape index (κ2) is 3.43. The highest BCUT2D eigenvalue weighted by Crippen LogP contribution is 2.30. The van der Waals surface area contributed by atoms with Crippen molar-refractivity contribution in [1.82, 2.24) is 0 Å². The molecule has 1 nitrogen and oxygen atoms in total. The lowest BCUT2D eigenvalue weighted by Gasteiger charge is -2.02. The van der Waals surface area contributed by atoms with Crippen molar-refractivity contribution >= 4 is 0 Å². The van der Waals surface area contributed by atoms with Gasteiger partial charge in [0.1, 0.15) is 11.5 Å². The fraction of sp³-hybridized carbons (Fsp3) is 0.143. The maximum Gasteiger partial charge on any atom is 0.114 e. The molecule has 0 atom stereocenters. The largest absolute Gasteiger partial charge is 0.464 e. The molecule has 2 aliphatic rings. The molecule has 0 bridgehead atoms. The van der Waals surface area contributed by atoms with Crippen LogP contribution >= 0.6 is 0 Å². The normalized spacial score (nSPS) is 19.7. The van der Waals surface area contributed by atoms with Crippen LogP contribution in [0.3, 0.4) is 0 Å². The molecule has 0 unspecified atom stereocenters. The van der Waals surface area contributed by atoms with E-state index in [-0.39, 0.29) is 0 Å². The zero-order chi connectivity index (χ0) is 10.1. The van der Waals surface area contributed by atoms with Crippen molar-refractivity contribution in [2.24, 2.45) is 0 Å². The van der Waals surface area contributed by atoms with Crippen LogP contribution in [0.2, 0.25) is 0 Å². The van der Waals surface area contributed by atoms with E-state index in [1.54, 1.807) is 0 Å². The number of hydrogen-bond donors (Lipinski definition) is 0. The minimum atomic E-state index is 0.327. The van der Waals surface area contributed by atoms with Gasteiger partial charge in [-0.25, -0.2) is 0 Å². The quantitative estimate of drug-likeness (QED) is 0.703. The molecule has 74 valence electrons.